The second-order valence-corrected chi connectivity index (χ2v) is 5.26. The molecular weight excluding hydrogens is 352 g/mol. The van der Waals surface area contributed by atoms with Crippen molar-refractivity contribution in [2.45, 2.75) is 13.3 Å². The van der Waals surface area contributed by atoms with Gasteiger partial charge in [-0.3, -0.25) is 0 Å². The first-order chi connectivity index (χ1) is 12.7. The van der Waals surface area contributed by atoms with E-state index in [0.717, 1.165) is 5.56 Å². The van der Waals surface area contributed by atoms with E-state index in [9.17, 15) is 14.4 Å². The molecule has 0 unspecified atom stereocenters. The van der Waals surface area contributed by atoms with Crippen LogP contribution in [0, 0.1) is 0 Å². The number of esters is 2. The van der Waals surface area contributed by atoms with Gasteiger partial charge in [0, 0.05) is 17.6 Å². The normalized spacial score (nSPS) is 11.8. The van der Waals surface area contributed by atoms with Crippen molar-refractivity contribution >= 4 is 24.0 Å². The number of aliphatic hydroxyl groups excluding tert-OH is 1. The number of hydrogen-bond donors (Lipinski definition) is 2. The average molecular weight is 376 g/mol. The molecule has 146 valence electrons. The zero-order valence-electron chi connectivity index (χ0n) is 15.3. The molecule has 2 rings (SSSR count). The molecule has 7 nitrogen and oxygen atoms in total. The van der Waals surface area contributed by atoms with Crippen molar-refractivity contribution in [3.63, 3.8) is 0 Å². The highest BCUT2D eigenvalue weighted by Crippen LogP contribution is 2.08. The molecule has 1 heterocycles. The van der Waals surface area contributed by atoms with Crippen molar-refractivity contribution < 1.29 is 34.1 Å². The number of aromatic carboxylic acids is 1. The van der Waals surface area contributed by atoms with Gasteiger partial charge in [-0.05, 0) is 24.6 Å². The summed E-state index contributed by atoms with van der Waals surface area (Å²) < 4.78 is 8.99. The minimum Gasteiger partial charge on any atom is -0.478 e. The number of ether oxygens (including phenoxy) is 2. The minimum absolute atomic E-state index is 0.0473. The van der Waals surface area contributed by atoms with Crippen LogP contribution in [0.25, 0.3) is 6.08 Å². The van der Waals surface area contributed by atoms with Crippen LogP contribution in [0.2, 0.25) is 0 Å². The highest BCUT2D eigenvalue weighted by molar-refractivity contribution is 5.89. The Kier molecular flexibility index (Phi) is 11.5. The monoisotopic (exact) mass is 376 g/mol. The molecule has 1 aromatic carbocycles. The largest absolute Gasteiger partial charge is 0.478 e. The van der Waals surface area contributed by atoms with Gasteiger partial charge in [0.2, 0.25) is 0 Å². The summed E-state index contributed by atoms with van der Waals surface area (Å²) >= 11 is 0. The molecule has 0 spiro atoms. The Morgan fingerprint density at radius 2 is 1.89 bits per heavy atom. The second-order valence-electron chi connectivity index (χ2n) is 5.26. The summed E-state index contributed by atoms with van der Waals surface area (Å²) in [5.41, 5.74) is 2.18. The summed E-state index contributed by atoms with van der Waals surface area (Å²) in [5.74, 6) is -1.59. The van der Waals surface area contributed by atoms with Crippen molar-refractivity contribution in [3.8, 4) is 0 Å². The van der Waals surface area contributed by atoms with Gasteiger partial charge < -0.3 is 19.7 Å². The van der Waals surface area contributed by atoms with Crippen LogP contribution in [0.4, 0.5) is 0 Å². The second kappa shape index (κ2) is 13.1. The van der Waals surface area contributed by atoms with Gasteiger partial charge in [0.05, 0.1) is 18.8 Å². The van der Waals surface area contributed by atoms with E-state index < -0.39 is 11.9 Å². The van der Waals surface area contributed by atoms with E-state index in [1.54, 1.807) is 37.3 Å². The third-order valence-electron chi connectivity index (χ3n) is 2.99. The molecular formula is C20H24O7. The number of hydrogen-bond acceptors (Lipinski definition) is 6. The fraction of sp³-hybridized carbons (Fsp3) is 0.250. The van der Waals surface area contributed by atoms with Crippen molar-refractivity contribution in [2.24, 2.45) is 0 Å². The molecule has 27 heavy (non-hydrogen) atoms. The van der Waals surface area contributed by atoms with Gasteiger partial charge in [-0.25, -0.2) is 14.4 Å². The molecule has 1 aliphatic rings. The standard InChI is InChI=1S/C9H8O2.C6H10O3.C5H6O2/c1-2-7-3-5-8(6-4-7)9(10)11;1-5(2)6(8)9-4-3-7;1-4-2-3-7-5(4)6/h2-6H,1H2,(H,10,11);7H,1,3-4H2,2H3;1-3H2. The number of aliphatic hydroxyl groups is 1. The molecule has 1 saturated heterocycles. The van der Waals surface area contributed by atoms with Crippen LogP contribution in [-0.4, -0.2) is 47.9 Å². The Morgan fingerprint density at radius 3 is 2.19 bits per heavy atom. The van der Waals surface area contributed by atoms with E-state index in [1.165, 1.54) is 0 Å². The number of carbonyl (C=O) groups is 3. The van der Waals surface area contributed by atoms with Crippen LogP contribution >= 0.6 is 0 Å². The van der Waals surface area contributed by atoms with E-state index in [2.05, 4.69) is 29.2 Å². The topological polar surface area (TPSA) is 110 Å². The maximum Gasteiger partial charge on any atom is 0.335 e. The van der Waals surface area contributed by atoms with Crippen LogP contribution in [0.5, 0.6) is 0 Å². The lowest BCUT2D eigenvalue weighted by atomic mass is 10.1. The van der Waals surface area contributed by atoms with Gasteiger partial charge in [-0.2, -0.15) is 0 Å². The maximum absolute atomic E-state index is 10.5. The summed E-state index contributed by atoms with van der Waals surface area (Å²) in [4.78, 5) is 31.1. The number of rotatable bonds is 5. The molecule has 0 aliphatic carbocycles. The quantitative estimate of drug-likeness (QED) is 0.600. The Bertz CT molecular complexity index is 673. The smallest absolute Gasteiger partial charge is 0.335 e. The summed E-state index contributed by atoms with van der Waals surface area (Å²) in [7, 11) is 0. The lowest BCUT2D eigenvalue weighted by Crippen LogP contribution is -2.08. The number of benzene rings is 1. The van der Waals surface area contributed by atoms with E-state index in [4.69, 9.17) is 10.2 Å². The zero-order valence-corrected chi connectivity index (χ0v) is 15.3. The molecule has 7 heteroatoms. The lowest BCUT2D eigenvalue weighted by molar-refractivity contribution is -0.140. The van der Waals surface area contributed by atoms with Gasteiger partial charge in [0.15, 0.2) is 0 Å². The molecule has 0 amide bonds. The predicted molar refractivity (Wildman–Crippen MR) is 101 cm³/mol. The summed E-state index contributed by atoms with van der Waals surface area (Å²) in [5, 5.41) is 16.7. The van der Waals surface area contributed by atoms with Crippen LogP contribution in [0.3, 0.4) is 0 Å². The molecule has 0 aromatic heterocycles. The first-order valence-electron chi connectivity index (χ1n) is 7.97. The molecule has 1 aliphatic heterocycles. The van der Waals surface area contributed by atoms with Gasteiger partial charge in [-0.15, -0.1) is 0 Å². The SMILES string of the molecule is C=C(C)C(=O)OCCO.C=C1CCOC1=O.C=Cc1ccc(C(=O)O)cc1. The summed E-state index contributed by atoms with van der Waals surface area (Å²) in [6, 6.07) is 6.55. The van der Waals surface area contributed by atoms with Crippen molar-refractivity contribution in [3.05, 3.63) is 66.3 Å². The van der Waals surface area contributed by atoms with Crippen LogP contribution in [0.15, 0.2) is 55.1 Å². The van der Waals surface area contributed by atoms with Gasteiger partial charge >= 0.3 is 17.9 Å². The third kappa shape index (κ3) is 10.4. The predicted octanol–water partition coefficient (Wildman–Crippen LogP) is 2.62. The Hall–Kier alpha value is -3.19. The fourth-order valence-electron chi connectivity index (χ4n) is 1.49. The molecule has 1 aromatic rings. The number of carboxylic acids is 1. The third-order valence-corrected chi connectivity index (χ3v) is 2.99. The van der Waals surface area contributed by atoms with E-state index in [0.29, 0.717) is 29.7 Å². The molecule has 0 atom stereocenters. The van der Waals surface area contributed by atoms with Gasteiger partial charge in [0.1, 0.15) is 6.61 Å². The summed E-state index contributed by atoms with van der Waals surface area (Å²) in [6.45, 7) is 12.4. The maximum atomic E-state index is 10.5. The zero-order chi connectivity index (χ0) is 20.8. The lowest BCUT2D eigenvalue weighted by Gasteiger charge is -1.99. The molecule has 2 N–H and O–H groups in total. The first-order valence-corrected chi connectivity index (χ1v) is 7.97. The van der Waals surface area contributed by atoms with Crippen molar-refractivity contribution in [1.29, 1.82) is 0 Å². The number of carboxylic acid groups (broad SMARTS) is 1. The Balaban J connectivity index is 0.000000385. The van der Waals surface area contributed by atoms with Crippen LogP contribution in [0.1, 0.15) is 29.3 Å². The molecule has 0 bridgehead atoms. The summed E-state index contributed by atoms with van der Waals surface area (Å²) in [6.07, 6.45) is 2.38. The fourth-order valence-corrected chi connectivity index (χ4v) is 1.49. The number of carbonyl (C=O) groups excluding carboxylic acids is 2. The van der Waals surface area contributed by atoms with E-state index in [-0.39, 0.29) is 19.2 Å². The van der Waals surface area contributed by atoms with E-state index >= 15 is 0 Å². The van der Waals surface area contributed by atoms with E-state index in [1.807, 2.05) is 0 Å². The Labute approximate surface area is 158 Å². The van der Waals surface area contributed by atoms with Crippen molar-refractivity contribution in [1.82, 2.24) is 0 Å². The first kappa shape index (κ1) is 23.8. The van der Waals surface area contributed by atoms with Crippen LogP contribution < -0.4 is 0 Å². The highest BCUT2D eigenvalue weighted by atomic mass is 16.5. The van der Waals surface area contributed by atoms with Gasteiger partial charge in [0.25, 0.3) is 0 Å². The average Bonchev–Trinajstić information content (AvgIpc) is 3.03. The molecule has 1 fully saturated rings. The number of cyclic esters (lactones) is 1. The highest BCUT2D eigenvalue weighted by Gasteiger charge is 2.14. The van der Waals surface area contributed by atoms with Gasteiger partial charge in [-0.1, -0.05) is 37.9 Å². The minimum atomic E-state index is -0.902. The molecule has 0 radical (unpaired) electrons. The Morgan fingerprint density at radius 1 is 1.30 bits per heavy atom. The van der Waals surface area contributed by atoms with Crippen molar-refractivity contribution in [2.75, 3.05) is 19.8 Å². The molecule has 0 saturated carbocycles. The van der Waals surface area contributed by atoms with Crippen LogP contribution in [-0.2, 0) is 19.1 Å².